The molecule has 0 saturated carbocycles. The molecule has 0 aliphatic carbocycles. The first-order chi connectivity index (χ1) is 6.69. The van der Waals surface area contributed by atoms with E-state index < -0.39 is 0 Å². The van der Waals surface area contributed by atoms with Crippen molar-refractivity contribution in [1.82, 2.24) is 4.90 Å². The van der Waals surface area contributed by atoms with Gasteiger partial charge in [0.05, 0.1) is 12.7 Å². The average Bonchev–Trinajstić information content (AvgIpc) is 2.19. The zero-order chi connectivity index (χ0) is 10.6. The second kappa shape index (κ2) is 5.69. The van der Waals surface area contributed by atoms with Gasteiger partial charge in [-0.15, -0.1) is 0 Å². The molecular weight excluding hydrogens is 178 g/mol. The Labute approximate surface area is 87.1 Å². The molecule has 0 bridgehead atoms. The Bertz CT molecular complexity index is 163. The van der Waals surface area contributed by atoms with E-state index in [0.29, 0.717) is 12.0 Å². The Morgan fingerprint density at radius 1 is 1.57 bits per heavy atom. The molecule has 0 aromatic heterocycles. The van der Waals surface area contributed by atoms with Crippen LogP contribution in [0.15, 0.2) is 0 Å². The summed E-state index contributed by atoms with van der Waals surface area (Å²) in [5.41, 5.74) is 0. The molecule has 0 amide bonds. The van der Waals surface area contributed by atoms with Gasteiger partial charge in [-0.2, -0.15) is 0 Å². The van der Waals surface area contributed by atoms with Gasteiger partial charge in [0.2, 0.25) is 0 Å². The molecule has 1 N–H and O–H groups in total. The SMILES string of the molecule is CCC1CN(C(C)COC)CCC1O. The lowest BCUT2D eigenvalue weighted by molar-refractivity contribution is -0.00389. The summed E-state index contributed by atoms with van der Waals surface area (Å²) in [6.07, 6.45) is 1.88. The van der Waals surface area contributed by atoms with Crippen molar-refractivity contribution in [1.29, 1.82) is 0 Å². The predicted molar refractivity (Wildman–Crippen MR) is 57.3 cm³/mol. The Hall–Kier alpha value is -0.120. The predicted octanol–water partition coefficient (Wildman–Crippen LogP) is 1.11. The molecule has 1 aliphatic heterocycles. The number of piperidine rings is 1. The Morgan fingerprint density at radius 3 is 2.86 bits per heavy atom. The third-order valence-electron chi connectivity index (χ3n) is 3.28. The summed E-state index contributed by atoms with van der Waals surface area (Å²) in [4.78, 5) is 2.42. The molecule has 1 aliphatic rings. The summed E-state index contributed by atoms with van der Waals surface area (Å²) in [7, 11) is 1.74. The average molecular weight is 201 g/mol. The van der Waals surface area contributed by atoms with Crippen molar-refractivity contribution in [2.45, 2.75) is 38.8 Å². The Morgan fingerprint density at radius 2 is 2.29 bits per heavy atom. The minimum Gasteiger partial charge on any atom is -0.393 e. The number of hydrogen-bond acceptors (Lipinski definition) is 3. The maximum atomic E-state index is 9.74. The molecule has 84 valence electrons. The molecule has 14 heavy (non-hydrogen) atoms. The van der Waals surface area contributed by atoms with E-state index in [2.05, 4.69) is 18.7 Å². The molecular formula is C11H23NO2. The maximum Gasteiger partial charge on any atom is 0.0615 e. The minimum absolute atomic E-state index is 0.0917. The van der Waals surface area contributed by atoms with Crippen molar-refractivity contribution in [3.8, 4) is 0 Å². The first-order valence-corrected chi connectivity index (χ1v) is 5.60. The Kier molecular flexibility index (Phi) is 4.85. The van der Waals surface area contributed by atoms with Crippen LogP contribution in [-0.2, 0) is 4.74 Å². The molecule has 0 spiro atoms. The second-order valence-electron chi connectivity index (χ2n) is 4.32. The molecule has 1 saturated heterocycles. The second-order valence-corrected chi connectivity index (χ2v) is 4.32. The first-order valence-electron chi connectivity index (χ1n) is 5.60. The lowest BCUT2D eigenvalue weighted by Crippen LogP contribution is -2.48. The van der Waals surface area contributed by atoms with Crippen LogP contribution in [0.25, 0.3) is 0 Å². The number of aliphatic hydroxyl groups excluding tert-OH is 1. The van der Waals surface area contributed by atoms with Crippen LogP contribution in [0.3, 0.4) is 0 Å². The summed E-state index contributed by atoms with van der Waals surface area (Å²) in [6.45, 7) is 7.14. The maximum absolute atomic E-state index is 9.74. The van der Waals surface area contributed by atoms with E-state index in [1.165, 1.54) is 0 Å². The van der Waals surface area contributed by atoms with Crippen LogP contribution in [0, 0.1) is 5.92 Å². The summed E-state index contributed by atoms with van der Waals surface area (Å²) in [5, 5.41) is 9.74. The van der Waals surface area contributed by atoms with Crippen LogP contribution >= 0.6 is 0 Å². The number of nitrogens with zero attached hydrogens (tertiary/aromatic N) is 1. The van der Waals surface area contributed by atoms with Crippen LogP contribution in [0.4, 0.5) is 0 Å². The summed E-state index contributed by atoms with van der Waals surface area (Å²) < 4.78 is 5.15. The number of rotatable bonds is 4. The van der Waals surface area contributed by atoms with Gasteiger partial charge >= 0.3 is 0 Å². The number of hydrogen-bond donors (Lipinski definition) is 1. The van der Waals surface area contributed by atoms with E-state index in [9.17, 15) is 5.11 Å². The smallest absolute Gasteiger partial charge is 0.0615 e. The van der Waals surface area contributed by atoms with Gasteiger partial charge in [-0.3, -0.25) is 4.90 Å². The third kappa shape index (κ3) is 2.94. The van der Waals surface area contributed by atoms with Gasteiger partial charge in [-0.05, 0) is 25.7 Å². The highest BCUT2D eigenvalue weighted by atomic mass is 16.5. The van der Waals surface area contributed by atoms with Crippen LogP contribution in [-0.4, -0.2) is 49.0 Å². The molecule has 1 fully saturated rings. The standard InChI is InChI=1S/C11H23NO2/c1-4-10-7-12(6-5-11(10)13)9(2)8-14-3/h9-11,13H,4-8H2,1-3H3. The van der Waals surface area contributed by atoms with Crippen molar-refractivity contribution in [2.24, 2.45) is 5.92 Å². The highest BCUT2D eigenvalue weighted by molar-refractivity contribution is 4.81. The van der Waals surface area contributed by atoms with E-state index in [-0.39, 0.29) is 6.10 Å². The highest BCUT2D eigenvalue weighted by Gasteiger charge is 2.28. The van der Waals surface area contributed by atoms with Crippen molar-refractivity contribution >= 4 is 0 Å². The van der Waals surface area contributed by atoms with Gasteiger partial charge in [0.25, 0.3) is 0 Å². The lowest BCUT2D eigenvalue weighted by atomic mass is 9.92. The van der Waals surface area contributed by atoms with Crippen molar-refractivity contribution in [3.63, 3.8) is 0 Å². The lowest BCUT2D eigenvalue weighted by Gasteiger charge is -2.39. The molecule has 3 nitrogen and oxygen atoms in total. The zero-order valence-corrected chi connectivity index (χ0v) is 9.57. The van der Waals surface area contributed by atoms with E-state index in [0.717, 1.165) is 32.5 Å². The summed E-state index contributed by atoms with van der Waals surface area (Å²) in [5.74, 6) is 0.447. The van der Waals surface area contributed by atoms with Gasteiger partial charge < -0.3 is 9.84 Å². The van der Waals surface area contributed by atoms with E-state index >= 15 is 0 Å². The van der Waals surface area contributed by atoms with Crippen molar-refractivity contribution < 1.29 is 9.84 Å². The summed E-state index contributed by atoms with van der Waals surface area (Å²) in [6, 6.07) is 0.474. The topological polar surface area (TPSA) is 32.7 Å². The molecule has 1 heterocycles. The third-order valence-corrected chi connectivity index (χ3v) is 3.28. The van der Waals surface area contributed by atoms with Crippen LogP contribution < -0.4 is 0 Å². The van der Waals surface area contributed by atoms with Gasteiger partial charge in [-0.25, -0.2) is 0 Å². The van der Waals surface area contributed by atoms with E-state index in [1.807, 2.05) is 0 Å². The quantitative estimate of drug-likeness (QED) is 0.739. The number of likely N-dealkylation sites (tertiary alicyclic amines) is 1. The van der Waals surface area contributed by atoms with Crippen molar-refractivity contribution in [2.75, 3.05) is 26.8 Å². The van der Waals surface area contributed by atoms with Gasteiger partial charge in [-0.1, -0.05) is 6.92 Å². The highest BCUT2D eigenvalue weighted by Crippen LogP contribution is 2.21. The number of methoxy groups -OCH3 is 1. The van der Waals surface area contributed by atoms with Crippen molar-refractivity contribution in [3.05, 3.63) is 0 Å². The number of aliphatic hydroxyl groups is 1. The molecule has 0 aromatic carbocycles. The fourth-order valence-electron chi connectivity index (χ4n) is 2.20. The van der Waals surface area contributed by atoms with Crippen LogP contribution in [0.2, 0.25) is 0 Å². The molecule has 1 rings (SSSR count). The molecule has 3 atom stereocenters. The van der Waals surface area contributed by atoms with Crippen LogP contribution in [0.1, 0.15) is 26.7 Å². The Balaban J connectivity index is 2.41. The zero-order valence-electron chi connectivity index (χ0n) is 9.57. The summed E-state index contributed by atoms with van der Waals surface area (Å²) >= 11 is 0. The van der Waals surface area contributed by atoms with E-state index in [1.54, 1.807) is 7.11 Å². The fraction of sp³-hybridized carbons (Fsp3) is 1.00. The normalized spacial score (nSPS) is 31.7. The molecule has 3 heteroatoms. The van der Waals surface area contributed by atoms with Gasteiger partial charge in [0.15, 0.2) is 0 Å². The monoisotopic (exact) mass is 201 g/mol. The molecule has 3 unspecified atom stereocenters. The van der Waals surface area contributed by atoms with Crippen LogP contribution in [0.5, 0.6) is 0 Å². The van der Waals surface area contributed by atoms with E-state index in [4.69, 9.17) is 4.74 Å². The number of ether oxygens (including phenoxy) is 1. The molecule has 0 aromatic rings. The van der Waals surface area contributed by atoms with Gasteiger partial charge in [0.1, 0.15) is 0 Å². The first kappa shape index (κ1) is 12.0. The minimum atomic E-state index is -0.0917. The van der Waals surface area contributed by atoms with Gasteiger partial charge in [0, 0.05) is 26.2 Å². The largest absolute Gasteiger partial charge is 0.393 e. The molecule has 0 radical (unpaired) electrons. The fourth-order valence-corrected chi connectivity index (χ4v) is 2.20.